The first-order chi connectivity index (χ1) is 14.5. The summed E-state index contributed by atoms with van der Waals surface area (Å²) in [6.07, 6.45) is 7.48. The predicted molar refractivity (Wildman–Crippen MR) is 123 cm³/mol. The van der Waals surface area contributed by atoms with E-state index in [1.54, 1.807) is 24.6 Å². The van der Waals surface area contributed by atoms with Gasteiger partial charge in [-0.15, -0.1) is 0 Å². The number of anilines is 1. The van der Waals surface area contributed by atoms with Crippen LogP contribution in [-0.4, -0.2) is 52.9 Å². The number of rotatable bonds is 7. The molecule has 0 unspecified atom stereocenters. The minimum atomic E-state index is 0.00725. The van der Waals surface area contributed by atoms with E-state index in [2.05, 4.69) is 23.7 Å². The maximum Gasteiger partial charge on any atom is 0.128 e. The molecule has 0 radical (unpaired) electrons. The standard InChI is InChI=1S/C24H31N3O3/c1-3-27(4-2)19-11-9-17(23(29)13-19)15-25-21-7-5-6-8-22(21)26-16-18-10-12-20(28)14-24(18)30/h9-16,21-22,28-30H,3-8H2,1-2H3/t21-,22-/m1/s1. The van der Waals surface area contributed by atoms with Crippen molar-refractivity contribution >= 4 is 18.1 Å². The van der Waals surface area contributed by atoms with E-state index < -0.39 is 0 Å². The molecule has 1 aliphatic carbocycles. The molecule has 2 aromatic rings. The van der Waals surface area contributed by atoms with E-state index >= 15 is 0 Å². The van der Waals surface area contributed by atoms with Gasteiger partial charge in [0.05, 0.1) is 12.1 Å². The maximum atomic E-state index is 10.4. The lowest BCUT2D eigenvalue weighted by molar-refractivity contribution is 0.390. The average Bonchev–Trinajstić information content (AvgIpc) is 2.74. The molecule has 160 valence electrons. The molecule has 0 amide bonds. The largest absolute Gasteiger partial charge is 0.508 e. The van der Waals surface area contributed by atoms with Crippen molar-refractivity contribution in [3.05, 3.63) is 47.5 Å². The summed E-state index contributed by atoms with van der Waals surface area (Å²) in [5.74, 6) is 0.262. The van der Waals surface area contributed by atoms with Gasteiger partial charge in [-0.25, -0.2) is 0 Å². The summed E-state index contributed by atoms with van der Waals surface area (Å²) in [5.41, 5.74) is 2.28. The number of hydrogen-bond donors (Lipinski definition) is 3. The van der Waals surface area contributed by atoms with Gasteiger partial charge in [0, 0.05) is 54.5 Å². The zero-order valence-electron chi connectivity index (χ0n) is 17.7. The summed E-state index contributed by atoms with van der Waals surface area (Å²) in [6.45, 7) is 5.97. The molecule has 2 aromatic carbocycles. The molecule has 0 spiro atoms. The van der Waals surface area contributed by atoms with E-state index in [1.807, 2.05) is 12.1 Å². The van der Waals surface area contributed by atoms with Crippen LogP contribution >= 0.6 is 0 Å². The van der Waals surface area contributed by atoms with Crippen molar-refractivity contribution in [1.82, 2.24) is 0 Å². The quantitative estimate of drug-likeness (QED) is 0.588. The van der Waals surface area contributed by atoms with E-state index in [1.165, 1.54) is 12.1 Å². The fourth-order valence-corrected chi connectivity index (χ4v) is 3.86. The summed E-state index contributed by atoms with van der Waals surface area (Å²) in [7, 11) is 0. The van der Waals surface area contributed by atoms with Gasteiger partial charge in [-0.2, -0.15) is 0 Å². The van der Waals surface area contributed by atoms with Gasteiger partial charge in [0.25, 0.3) is 0 Å². The Balaban J connectivity index is 1.73. The fraction of sp³-hybridized carbons (Fsp3) is 0.417. The zero-order valence-corrected chi connectivity index (χ0v) is 17.7. The third-order valence-corrected chi connectivity index (χ3v) is 5.66. The van der Waals surface area contributed by atoms with Crippen molar-refractivity contribution in [3.63, 3.8) is 0 Å². The van der Waals surface area contributed by atoms with E-state index in [4.69, 9.17) is 4.99 Å². The normalized spacial score (nSPS) is 19.5. The first kappa shape index (κ1) is 21.7. The molecule has 3 rings (SSSR count). The van der Waals surface area contributed by atoms with Gasteiger partial charge in [0.1, 0.15) is 17.2 Å². The molecule has 6 heteroatoms. The highest BCUT2D eigenvalue weighted by Crippen LogP contribution is 2.27. The second-order valence-electron chi connectivity index (χ2n) is 7.63. The molecule has 0 heterocycles. The van der Waals surface area contributed by atoms with Crippen molar-refractivity contribution < 1.29 is 15.3 Å². The Morgan fingerprint density at radius 3 is 1.87 bits per heavy atom. The molecule has 3 N–H and O–H groups in total. The number of benzene rings is 2. The molecule has 6 nitrogen and oxygen atoms in total. The highest BCUT2D eigenvalue weighted by molar-refractivity contribution is 5.85. The van der Waals surface area contributed by atoms with Crippen LogP contribution < -0.4 is 4.90 Å². The summed E-state index contributed by atoms with van der Waals surface area (Å²) in [5, 5.41) is 29.8. The Hall–Kier alpha value is -3.02. The van der Waals surface area contributed by atoms with Crippen molar-refractivity contribution in [1.29, 1.82) is 0 Å². The molecular weight excluding hydrogens is 378 g/mol. The molecule has 0 bridgehead atoms. The molecule has 0 aliphatic heterocycles. The second kappa shape index (κ2) is 10.1. The van der Waals surface area contributed by atoms with Gasteiger partial charge >= 0.3 is 0 Å². The molecule has 1 fully saturated rings. The lowest BCUT2D eigenvalue weighted by Gasteiger charge is -2.25. The fourth-order valence-electron chi connectivity index (χ4n) is 3.86. The van der Waals surface area contributed by atoms with Gasteiger partial charge in [0.15, 0.2) is 0 Å². The van der Waals surface area contributed by atoms with Crippen molar-refractivity contribution in [2.75, 3.05) is 18.0 Å². The number of aliphatic imine (C=N–C) groups is 2. The summed E-state index contributed by atoms with van der Waals surface area (Å²) >= 11 is 0. The molecule has 1 saturated carbocycles. The minimum Gasteiger partial charge on any atom is -0.508 e. The Morgan fingerprint density at radius 2 is 1.37 bits per heavy atom. The van der Waals surface area contributed by atoms with Crippen LogP contribution in [0.15, 0.2) is 46.4 Å². The van der Waals surface area contributed by atoms with Crippen LogP contribution in [0.3, 0.4) is 0 Å². The lowest BCUT2D eigenvalue weighted by atomic mass is 9.91. The van der Waals surface area contributed by atoms with Crippen LogP contribution in [0.5, 0.6) is 17.2 Å². The Bertz CT molecular complexity index is 907. The van der Waals surface area contributed by atoms with Crippen molar-refractivity contribution in [2.24, 2.45) is 9.98 Å². The van der Waals surface area contributed by atoms with Crippen LogP contribution in [-0.2, 0) is 0 Å². The number of nitrogens with zero attached hydrogens (tertiary/aromatic N) is 3. The Kier molecular flexibility index (Phi) is 7.33. The van der Waals surface area contributed by atoms with E-state index in [0.29, 0.717) is 11.1 Å². The summed E-state index contributed by atoms with van der Waals surface area (Å²) in [6, 6.07) is 10.3. The number of phenolic OH excluding ortho intramolecular Hbond substituents is 3. The number of hydrogen-bond acceptors (Lipinski definition) is 6. The molecule has 1 aliphatic rings. The smallest absolute Gasteiger partial charge is 0.128 e. The number of phenols is 3. The van der Waals surface area contributed by atoms with Crippen LogP contribution in [0.4, 0.5) is 5.69 Å². The van der Waals surface area contributed by atoms with Crippen LogP contribution in [0.1, 0.15) is 50.7 Å². The van der Waals surface area contributed by atoms with Gasteiger partial charge in [-0.3, -0.25) is 9.98 Å². The van der Waals surface area contributed by atoms with E-state index in [0.717, 1.165) is 44.5 Å². The molecule has 30 heavy (non-hydrogen) atoms. The van der Waals surface area contributed by atoms with Crippen LogP contribution in [0, 0.1) is 0 Å². The Morgan fingerprint density at radius 1 is 0.833 bits per heavy atom. The molecular formula is C24H31N3O3. The van der Waals surface area contributed by atoms with Crippen molar-refractivity contribution in [2.45, 2.75) is 51.6 Å². The van der Waals surface area contributed by atoms with Gasteiger partial charge in [0.2, 0.25) is 0 Å². The Labute approximate surface area is 178 Å². The third-order valence-electron chi connectivity index (χ3n) is 5.66. The zero-order chi connectivity index (χ0) is 21.5. The predicted octanol–water partition coefficient (Wildman–Crippen LogP) is 4.50. The van der Waals surface area contributed by atoms with Crippen LogP contribution in [0.2, 0.25) is 0 Å². The highest BCUT2D eigenvalue weighted by Gasteiger charge is 2.23. The van der Waals surface area contributed by atoms with E-state index in [-0.39, 0.29) is 29.3 Å². The topological polar surface area (TPSA) is 88.7 Å². The first-order valence-corrected chi connectivity index (χ1v) is 10.7. The van der Waals surface area contributed by atoms with Gasteiger partial charge in [-0.05, 0) is 51.0 Å². The SMILES string of the molecule is CCN(CC)c1ccc(C=N[C@@H]2CCCC[C@H]2N=Cc2ccc(O)cc2O)c(O)c1. The van der Waals surface area contributed by atoms with Gasteiger partial charge in [-0.1, -0.05) is 12.8 Å². The lowest BCUT2D eigenvalue weighted by Crippen LogP contribution is -2.27. The maximum absolute atomic E-state index is 10.4. The summed E-state index contributed by atoms with van der Waals surface area (Å²) in [4.78, 5) is 11.6. The molecule has 0 saturated heterocycles. The highest BCUT2D eigenvalue weighted by atomic mass is 16.3. The number of aromatic hydroxyl groups is 3. The average molecular weight is 410 g/mol. The molecule has 0 aromatic heterocycles. The first-order valence-electron chi connectivity index (χ1n) is 10.7. The van der Waals surface area contributed by atoms with Crippen LogP contribution in [0.25, 0.3) is 0 Å². The minimum absolute atomic E-state index is 0.00725. The monoisotopic (exact) mass is 409 g/mol. The molecule has 2 atom stereocenters. The summed E-state index contributed by atoms with van der Waals surface area (Å²) < 4.78 is 0. The van der Waals surface area contributed by atoms with E-state index in [9.17, 15) is 15.3 Å². The van der Waals surface area contributed by atoms with Crippen molar-refractivity contribution in [3.8, 4) is 17.2 Å². The second-order valence-corrected chi connectivity index (χ2v) is 7.63. The van der Waals surface area contributed by atoms with Gasteiger partial charge < -0.3 is 20.2 Å². The third kappa shape index (κ3) is 5.32.